The van der Waals surface area contributed by atoms with Crippen LogP contribution in [0.25, 0.3) is 0 Å². The number of hydrogen-bond acceptors (Lipinski definition) is 4. The van der Waals surface area contributed by atoms with E-state index < -0.39 is 6.10 Å². The quantitative estimate of drug-likeness (QED) is 0.0459. The molecule has 0 aliphatic carbocycles. The molecule has 0 aromatic rings. The van der Waals surface area contributed by atoms with E-state index >= 15 is 0 Å². The summed E-state index contributed by atoms with van der Waals surface area (Å²) in [4.78, 5) is 12.1. The molecule has 0 bridgehead atoms. The molecule has 0 aliphatic rings. The van der Waals surface area contributed by atoms with Gasteiger partial charge < -0.3 is 14.6 Å². The second kappa shape index (κ2) is 37.8. The van der Waals surface area contributed by atoms with Crippen LogP contribution in [0.15, 0.2) is 85.1 Å². The highest BCUT2D eigenvalue weighted by molar-refractivity contribution is 5.69. The van der Waals surface area contributed by atoms with E-state index in [1.165, 1.54) is 44.9 Å². The van der Waals surface area contributed by atoms with Crippen LogP contribution in [0.5, 0.6) is 0 Å². The summed E-state index contributed by atoms with van der Waals surface area (Å²) in [5.41, 5.74) is 0. The maximum absolute atomic E-state index is 12.1. The van der Waals surface area contributed by atoms with Gasteiger partial charge in [0.25, 0.3) is 0 Å². The van der Waals surface area contributed by atoms with Crippen molar-refractivity contribution in [3.8, 4) is 0 Å². The maximum Gasteiger partial charge on any atom is 0.306 e. The minimum Gasteiger partial charge on any atom is -0.457 e. The van der Waals surface area contributed by atoms with Crippen LogP contribution >= 0.6 is 0 Å². The van der Waals surface area contributed by atoms with Crippen molar-refractivity contribution in [3.63, 3.8) is 0 Å². The summed E-state index contributed by atoms with van der Waals surface area (Å²) in [6.45, 7) is 5.09. The van der Waals surface area contributed by atoms with Crippen molar-refractivity contribution in [2.45, 2.75) is 148 Å². The van der Waals surface area contributed by atoms with Gasteiger partial charge in [-0.15, -0.1) is 0 Å². The molecule has 0 rings (SSSR count). The molecular weight excluding hydrogens is 556 g/mol. The average Bonchev–Trinajstić information content (AvgIpc) is 3.05. The average molecular weight is 625 g/mol. The lowest BCUT2D eigenvalue weighted by Crippen LogP contribution is -2.27. The van der Waals surface area contributed by atoms with E-state index in [0.717, 1.165) is 77.0 Å². The largest absolute Gasteiger partial charge is 0.457 e. The predicted octanol–water partition coefficient (Wildman–Crippen LogP) is 11.6. The molecule has 0 heterocycles. The Morgan fingerprint density at radius 1 is 0.556 bits per heavy atom. The lowest BCUT2D eigenvalue weighted by molar-refractivity contribution is -0.154. The Bertz CT molecular complexity index is 830. The monoisotopic (exact) mass is 625 g/mol. The first-order chi connectivity index (χ1) is 22.2. The minimum absolute atomic E-state index is 0.195. The maximum atomic E-state index is 12.1. The smallest absolute Gasteiger partial charge is 0.306 e. The summed E-state index contributed by atoms with van der Waals surface area (Å²) >= 11 is 0. The third-order valence-corrected chi connectivity index (χ3v) is 7.19. The van der Waals surface area contributed by atoms with Crippen LogP contribution in [0.3, 0.4) is 0 Å². The zero-order valence-corrected chi connectivity index (χ0v) is 29.1. The number of carbonyl (C=O) groups is 1. The number of aliphatic hydroxyl groups excluding tert-OH is 1. The fraction of sp³-hybridized carbons (Fsp3) is 0.634. The molecule has 4 nitrogen and oxygen atoms in total. The summed E-state index contributed by atoms with van der Waals surface area (Å²) < 4.78 is 11.1. The molecule has 0 fully saturated rings. The Morgan fingerprint density at radius 2 is 1.00 bits per heavy atom. The van der Waals surface area contributed by atoms with E-state index in [1.807, 2.05) is 0 Å². The highest BCUT2D eigenvalue weighted by Crippen LogP contribution is 2.09. The third-order valence-electron chi connectivity index (χ3n) is 7.19. The first-order valence-electron chi connectivity index (χ1n) is 18.2. The van der Waals surface area contributed by atoms with Crippen molar-refractivity contribution < 1.29 is 19.4 Å². The zero-order valence-electron chi connectivity index (χ0n) is 29.1. The summed E-state index contributed by atoms with van der Waals surface area (Å²) in [7, 11) is 0. The fourth-order valence-corrected chi connectivity index (χ4v) is 4.51. The summed E-state index contributed by atoms with van der Waals surface area (Å²) in [5, 5.41) is 9.55. The highest BCUT2D eigenvalue weighted by Gasteiger charge is 2.13. The van der Waals surface area contributed by atoms with E-state index in [1.54, 1.807) is 0 Å². The van der Waals surface area contributed by atoms with Crippen LogP contribution < -0.4 is 0 Å². The zero-order chi connectivity index (χ0) is 32.7. The van der Waals surface area contributed by atoms with Gasteiger partial charge in [-0.1, -0.05) is 137 Å². The standard InChI is InChI=1S/C41H68O4/c1-3-5-7-9-11-13-15-17-19-20-21-22-23-24-26-28-30-32-34-36-41(43)45-40(38-42)39-44-37-35-33-31-29-27-25-18-16-14-12-10-8-6-4-2/h5,7-8,10-11,13-14,16-17,19,21-22,24,26,40,42H,3-4,6,9,12,15,18,20,23,25,27-39H2,1-2H3/b7-5-,10-8-,13-11-,16-14-,19-17-,22-21-,26-24-. The second-order valence-corrected chi connectivity index (χ2v) is 11.6. The van der Waals surface area contributed by atoms with E-state index in [2.05, 4.69) is 98.9 Å². The number of unbranched alkanes of at least 4 members (excludes halogenated alkanes) is 10. The SMILES string of the molecule is CC/C=C\C/C=C\C/C=C\C/C=C\C/C=C\CCCCCC(=O)OC(CO)COCCCCCCCC/C=C\C/C=C\CCC. The van der Waals surface area contributed by atoms with Gasteiger partial charge in [0.05, 0.1) is 13.2 Å². The van der Waals surface area contributed by atoms with Gasteiger partial charge >= 0.3 is 5.97 Å². The molecule has 0 spiro atoms. The molecule has 1 atom stereocenters. The molecule has 0 saturated carbocycles. The molecule has 0 amide bonds. The van der Waals surface area contributed by atoms with Crippen LogP contribution in [-0.2, 0) is 14.3 Å². The van der Waals surface area contributed by atoms with Gasteiger partial charge in [0.15, 0.2) is 0 Å². The minimum atomic E-state index is -0.561. The Morgan fingerprint density at radius 3 is 1.51 bits per heavy atom. The van der Waals surface area contributed by atoms with Crippen molar-refractivity contribution in [2.75, 3.05) is 19.8 Å². The predicted molar refractivity (Wildman–Crippen MR) is 195 cm³/mol. The molecule has 0 saturated heterocycles. The van der Waals surface area contributed by atoms with Crippen molar-refractivity contribution in [3.05, 3.63) is 85.1 Å². The molecule has 1 unspecified atom stereocenters. The van der Waals surface area contributed by atoms with E-state index in [-0.39, 0.29) is 19.2 Å². The Balaban J connectivity index is 3.59. The van der Waals surface area contributed by atoms with Crippen molar-refractivity contribution in [1.82, 2.24) is 0 Å². The van der Waals surface area contributed by atoms with Crippen LogP contribution in [0.1, 0.15) is 142 Å². The topological polar surface area (TPSA) is 55.8 Å². The second-order valence-electron chi connectivity index (χ2n) is 11.6. The van der Waals surface area contributed by atoms with Gasteiger partial charge in [-0.2, -0.15) is 0 Å². The number of aliphatic hydroxyl groups is 1. The summed E-state index contributed by atoms with van der Waals surface area (Å²) in [6.07, 6.45) is 51.9. The normalized spacial score (nSPS) is 13.4. The molecule has 0 aromatic heterocycles. The van der Waals surface area contributed by atoms with E-state index in [9.17, 15) is 9.90 Å². The molecule has 0 aromatic carbocycles. The molecule has 256 valence electrons. The van der Waals surface area contributed by atoms with Crippen LogP contribution in [0.4, 0.5) is 0 Å². The van der Waals surface area contributed by atoms with E-state index in [0.29, 0.717) is 13.0 Å². The van der Waals surface area contributed by atoms with Gasteiger partial charge in [-0.05, 0) is 83.5 Å². The van der Waals surface area contributed by atoms with Crippen LogP contribution in [0.2, 0.25) is 0 Å². The first kappa shape index (κ1) is 42.6. The van der Waals surface area contributed by atoms with Gasteiger partial charge in [0.1, 0.15) is 6.10 Å². The third kappa shape index (κ3) is 35.9. The Hall–Kier alpha value is -2.43. The van der Waals surface area contributed by atoms with Crippen molar-refractivity contribution >= 4 is 5.97 Å². The molecule has 0 aliphatic heterocycles. The van der Waals surface area contributed by atoms with Gasteiger partial charge in [0.2, 0.25) is 0 Å². The number of hydrogen-bond donors (Lipinski definition) is 1. The van der Waals surface area contributed by atoms with Gasteiger partial charge in [-0.25, -0.2) is 0 Å². The van der Waals surface area contributed by atoms with Crippen molar-refractivity contribution in [2.24, 2.45) is 0 Å². The summed E-state index contributed by atoms with van der Waals surface area (Å²) in [6, 6.07) is 0. The number of rotatable bonds is 32. The molecule has 4 heteroatoms. The summed E-state index contributed by atoms with van der Waals surface area (Å²) in [5.74, 6) is -0.240. The van der Waals surface area contributed by atoms with Crippen LogP contribution in [0, 0.1) is 0 Å². The number of carbonyl (C=O) groups excluding carboxylic acids is 1. The first-order valence-corrected chi connectivity index (χ1v) is 18.2. The van der Waals surface area contributed by atoms with Crippen molar-refractivity contribution in [1.29, 1.82) is 0 Å². The Labute approximate surface area is 278 Å². The lowest BCUT2D eigenvalue weighted by atomic mass is 10.1. The van der Waals surface area contributed by atoms with E-state index in [4.69, 9.17) is 9.47 Å². The molecule has 1 N–H and O–H groups in total. The highest BCUT2D eigenvalue weighted by atomic mass is 16.6. The molecule has 45 heavy (non-hydrogen) atoms. The fourth-order valence-electron chi connectivity index (χ4n) is 4.51. The lowest BCUT2D eigenvalue weighted by Gasteiger charge is -2.15. The van der Waals surface area contributed by atoms with Gasteiger partial charge in [-0.3, -0.25) is 4.79 Å². The number of allylic oxidation sites excluding steroid dienone is 14. The number of ether oxygens (including phenoxy) is 2. The molecular formula is C41H68O4. The van der Waals surface area contributed by atoms with Gasteiger partial charge in [0, 0.05) is 13.0 Å². The molecule has 0 radical (unpaired) electrons. The Kier molecular flexibility index (Phi) is 35.7. The number of esters is 1. The van der Waals surface area contributed by atoms with Crippen LogP contribution in [-0.4, -0.2) is 37.0 Å².